The summed E-state index contributed by atoms with van der Waals surface area (Å²) >= 11 is 8.73. The molecular formula is C11H10BrClO3. The number of carbonyl (C=O) groups is 2. The van der Waals surface area contributed by atoms with E-state index in [4.69, 9.17) is 16.7 Å². The van der Waals surface area contributed by atoms with E-state index in [-0.39, 0.29) is 24.5 Å². The number of carboxylic acids is 1. The van der Waals surface area contributed by atoms with Gasteiger partial charge in [0, 0.05) is 22.3 Å². The van der Waals surface area contributed by atoms with E-state index >= 15 is 0 Å². The fourth-order valence-electron chi connectivity index (χ4n) is 1.36. The van der Waals surface area contributed by atoms with Gasteiger partial charge in [0.1, 0.15) is 0 Å². The van der Waals surface area contributed by atoms with Gasteiger partial charge in [0.15, 0.2) is 5.78 Å². The van der Waals surface area contributed by atoms with Crippen LogP contribution in [0.1, 0.15) is 22.3 Å². The number of hydrogen-bond donors (Lipinski definition) is 1. The molecule has 0 atom stereocenters. The second-order valence-corrected chi connectivity index (χ2v) is 4.53. The highest BCUT2D eigenvalue weighted by atomic mass is 79.9. The topological polar surface area (TPSA) is 54.4 Å². The van der Waals surface area contributed by atoms with Gasteiger partial charge in [0.2, 0.25) is 0 Å². The molecule has 1 rings (SSSR count). The largest absolute Gasteiger partial charge is 0.481 e. The van der Waals surface area contributed by atoms with Crippen molar-refractivity contribution >= 4 is 39.3 Å². The molecule has 0 unspecified atom stereocenters. The van der Waals surface area contributed by atoms with Crippen LogP contribution in [-0.2, 0) is 11.2 Å². The Morgan fingerprint density at radius 3 is 2.62 bits per heavy atom. The van der Waals surface area contributed by atoms with E-state index < -0.39 is 5.97 Å². The first-order chi connectivity index (χ1) is 7.54. The van der Waals surface area contributed by atoms with Crippen molar-refractivity contribution < 1.29 is 14.7 Å². The number of Topliss-reactive ketones (excluding diaryl/α,β-unsaturated/α-hetero) is 1. The molecule has 0 radical (unpaired) electrons. The van der Waals surface area contributed by atoms with Crippen molar-refractivity contribution in [1.29, 1.82) is 0 Å². The zero-order valence-electron chi connectivity index (χ0n) is 8.37. The number of ketones is 1. The fourth-order valence-corrected chi connectivity index (χ4v) is 1.94. The molecule has 0 bridgehead atoms. The quantitative estimate of drug-likeness (QED) is 0.672. The lowest BCUT2D eigenvalue weighted by Gasteiger charge is -2.06. The first-order valence-electron chi connectivity index (χ1n) is 4.64. The highest BCUT2D eigenvalue weighted by Crippen LogP contribution is 2.19. The lowest BCUT2D eigenvalue weighted by Crippen LogP contribution is -2.08. The number of benzene rings is 1. The summed E-state index contributed by atoms with van der Waals surface area (Å²) < 4.78 is 0.756. The maximum absolute atomic E-state index is 11.7. The number of rotatable bonds is 5. The first kappa shape index (κ1) is 13.2. The number of alkyl halides is 1. The van der Waals surface area contributed by atoms with Crippen LogP contribution < -0.4 is 0 Å². The molecule has 0 spiro atoms. The summed E-state index contributed by atoms with van der Waals surface area (Å²) in [5, 5.41) is 8.74. The van der Waals surface area contributed by atoms with Crippen LogP contribution in [0.3, 0.4) is 0 Å². The molecule has 16 heavy (non-hydrogen) atoms. The average molecular weight is 306 g/mol. The number of carbonyl (C=O) groups excluding carboxylic acids is 1. The van der Waals surface area contributed by atoms with Crippen LogP contribution in [0.25, 0.3) is 0 Å². The monoisotopic (exact) mass is 304 g/mol. The lowest BCUT2D eigenvalue weighted by atomic mass is 10.00. The van der Waals surface area contributed by atoms with Crippen molar-refractivity contribution in [2.45, 2.75) is 12.8 Å². The van der Waals surface area contributed by atoms with E-state index in [0.717, 1.165) is 4.47 Å². The fraction of sp³-hybridized carbons (Fsp3) is 0.273. The van der Waals surface area contributed by atoms with Crippen LogP contribution in [0.2, 0.25) is 0 Å². The molecule has 0 heterocycles. The van der Waals surface area contributed by atoms with Crippen molar-refractivity contribution in [3.63, 3.8) is 0 Å². The van der Waals surface area contributed by atoms with Gasteiger partial charge >= 0.3 is 5.97 Å². The Kier molecular flexibility index (Phi) is 4.96. The molecule has 0 aliphatic rings. The van der Waals surface area contributed by atoms with Gasteiger partial charge in [-0.05, 0) is 17.7 Å². The Hall–Kier alpha value is -0.870. The van der Waals surface area contributed by atoms with Crippen LogP contribution in [0.5, 0.6) is 0 Å². The number of aliphatic carboxylic acids is 1. The molecule has 0 amide bonds. The smallest absolute Gasteiger partial charge is 0.307 e. The van der Waals surface area contributed by atoms with Crippen LogP contribution in [-0.4, -0.2) is 22.7 Å². The summed E-state index contributed by atoms with van der Waals surface area (Å²) in [5.41, 5.74) is 0.947. The Balaban J connectivity index is 3.06. The van der Waals surface area contributed by atoms with Gasteiger partial charge in [0.25, 0.3) is 0 Å². The molecule has 1 N–H and O–H groups in total. The minimum Gasteiger partial charge on any atom is -0.481 e. The summed E-state index contributed by atoms with van der Waals surface area (Å²) in [7, 11) is 0. The Morgan fingerprint density at radius 1 is 1.38 bits per heavy atom. The Labute approximate surface area is 107 Å². The molecule has 1 aromatic rings. The van der Waals surface area contributed by atoms with E-state index in [1.165, 1.54) is 0 Å². The molecule has 5 heteroatoms. The van der Waals surface area contributed by atoms with Crippen molar-refractivity contribution in [3.05, 3.63) is 33.8 Å². The van der Waals surface area contributed by atoms with Gasteiger partial charge in [-0.25, -0.2) is 0 Å². The second-order valence-electron chi connectivity index (χ2n) is 3.23. The first-order valence-corrected chi connectivity index (χ1v) is 5.96. The van der Waals surface area contributed by atoms with E-state index in [0.29, 0.717) is 11.1 Å². The van der Waals surface area contributed by atoms with E-state index in [1.54, 1.807) is 18.2 Å². The normalized spacial score (nSPS) is 10.1. The Bertz CT molecular complexity index is 418. The van der Waals surface area contributed by atoms with Crippen LogP contribution >= 0.6 is 27.5 Å². The third kappa shape index (κ3) is 3.61. The zero-order valence-corrected chi connectivity index (χ0v) is 10.7. The molecule has 0 saturated carbocycles. The number of hydrogen-bond acceptors (Lipinski definition) is 2. The standard InChI is InChI=1S/C11H10BrClO3/c12-8-1-2-9(10(14)3-4-13)7(5-8)6-11(15)16/h1-2,5H,3-4,6H2,(H,15,16). The highest BCUT2D eigenvalue weighted by molar-refractivity contribution is 9.10. The maximum Gasteiger partial charge on any atom is 0.307 e. The molecule has 3 nitrogen and oxygen atoms in total. The van der Waals surface area contributed by atoms with Gasteiger partial charge in [-0.1, -0.05) is 22.0 Å². The zero-order chi connectivity index (χ0) is 12.1. The molecule has 0 aromatic heterocycles. The number of halogens is 2. The Morgan fingerprint density at radius 2 is 2.06 bits per heavy atom. The van der Waals surface area contributed by atoms with Crippen LogP contribution in [0.15, 0.2) is 22.7 Å². The third-order valence-electron chi connectivity index (χ3n) is 2.03. The summed E-state index contributed by atoms with van der Waals surface area (Å²) in [5.74, 6) is -0.849. The second kappa shape index (κ2) is 6.01. The number of carboxylic acid groups (broad SMARTS) is 1. The van der Waals surface area contributed by atoms with Crippen molar-refractivity contribution in [2.75, 3.05) is 5.88 Å². The molecule has 0 aliphatic heterocycles. The highest BCUT2D eigenvalue weighted by Gasteiger charge is 2.13. The lowest BCUT2D eigenvalue weighted by molar-refractivity contribution is -0.136. The minimum absolute atomic E-state index is 0.126. The molecule has 0 saturated heterocycles. The van der Waals surface area contributed by atoms with E-state index in [2.05, 4.69) is 15.9 Å². The average Bonchev–Trinajstić information content (AvgIpc) is 2.16. The molecule has 0 fully saturated rings. The molecule has 0 aliphatic carbocycles. The molecule has 86 valence electrons. The SMILES string of the molecule is O=C(O)Cc1cc(Br)ccc1C(=O)CCCl. The molecular weight excluding hydrogens is 295 g/mol. The summed E-state index contributed by atoms with van der Waals surface area (Å²) in [6, 6.07) is 4.99. The molecule has 1 aromatic carbocycles. The van der Waals surface area contributed by atoms with Gasteiger partial charge in [0.05, 0.1) is 6.42 Å². The van der Waals surface area contributed by atoms with Crippen molar-refractivity contribution in [3.8, 4) is 0 Å². The minimum atomic E-state index is -0.960. The van der Waals surface area contributed by atoms with Crippen molar-refractivity contribution in [1.82, 2.24) is 0 Å². The maximum atomic E-state index is 11.7. The van der Waals surface area contributed by atoms with Gasteiger partial charge < -0.3 is 5.11 Å². The predicted molar refractivity (Wildman–Crippen MR) is 65.1 cm³/mol. The summed E-state index contributed by atoms with van der Waals surface area (Å²) in [4.78, 5) is 22.3. The predicted octanol–water partition coefficient (Wildman–Crippen LogP) is 2.89. The van der Waals surface area contributed by atoms with Gasteiger partial charge in [-0.15, -0.1) is 11.6 Å². The van der Waals surface area contributed by atoms with Crippen LogP contribution in [0.4, 0.5) is 0 Å². The third-order valence-corrected chi connectivity index (χ3v) is 2.71. The van der Waals surface area contributed by atoms with Crippen molar-refractivity contribution in [2.24, 2.45) is 0 Å². The van der Waals surface area contributed by atoms with Gasteiger partial charge in [-0.3, -0.25) is 9.59 Å². The summed E-state index contributed by atoms with van der Waals surface area (Å²) in [6.45, 7) is 0. The van der Waals surface area contributed by atoms with E-state index in [1.807, 2.05) is 0 Å². The van der Waals surface area contributed by atoms with Crippen LogP contribution in [0, 0.1) is 0 Å². The summed E-state index contributed by atoms with van der Waals surface area (Å²) in [6.07, 6.45) is 0.0542. The van der Waals surface area contributed by atoms with E-state index in [9.17, 15) is 9.59 Å². The van der Waals surface area contributed by atoms with Gasteiger partial charge in [-0.2, -0.15) is 0 Å².